The van der Waals surface area contributed by atoms with Gasteiger partial charge in [-0.15, -0.1) is 10.1 Å². The van der Waals surface area contributed by atoms with Crippen molar-refractivity contribution >= 4 is 5.91 Å². The van der Waals surface area contributed by atoms with Crippen LogP contribution in [0.15, 0.2) is 48.6 Å². The molecule has 1 N–H and O–H groups in total. The van der Waals surface area contributed by atoms with Crippen molar-refractivity contribution in [2.24, 2.45) is 5.92 Å². The Morgan fingerprint density at radius 2 is 1.82 bits per heavy atom. The molecular formula is C29H43F3N2O5. The van der Waals surface area contributed by atoms with Gasteiger partial charge in [0.2, 0.25) is 5.91 Å². The molecule has 0 aliphatic heterocycles. The quantitative estimate of drug-likeness (QED) is 0.0914. The molecule has 7 nitrogen and oxygen atoms in total. The van der Waals surface area contributed by atoms with E-state index in [-0.39, 0.29) is 18.3 Å². The van der Waals surface area contributed by atoms with Crippen LogP contribution in [0.4, 0.5) is 13.2 Å². The summed E-state index contributed by atoms with van der Waals surface area (Å²) in [6.45, 7) is 3.21. The Hall–Kier alpha value is -3.04. The van der Waals surface area contributed by atoms with Gasteiger partial charge in [-0.25, -0.2) is 0 Å². The lowest BCUT2D eigenvalue weighted by atomic mass is 10.1. The number of nitrogens with one attached hydrogen (secondary N) is 1. The predicted octanol–water partition coefficient (Wildman–Crippen LogP) is 7.84. The van der Waals surface area contributed by atoms with Gasteiger partial charge in [-0.2, -0.15) is 13.2 Å². The summed E-state index contributed by atoms with van der Waals surface area (Å²) in [7, 11) is 0. The molecule has 0 heterocycles. The topological polar surface area (TPSA) is 90.7 Å². The van der Waals surface area contributed by atoms with Crippen LogP contribution in [0.5, 0.6) is 5.75 Å². The number of ether oxygens (including phenoxy) is 1. The average Bonchev–Trinajstić information content (AvgIpc) is 3.41. The second-order valence-electron chi connectivity index (χ2n) is 9.42. The van der Waals surface area contributed by atoms with Crippen molar-refractivity contribution in [2.45, 2.75) is 90.1 Å². The standard InChI is InChI=1S/C16H19F3O.C13H24N2O4/c17-16(18,19)14-9-5-10-15(12-14)20-11-4-3-8-13-6-1-2-7-13;1-2-3-4-7-10-13(16)14-11-8-5-6-9-12-19-15(17)18/h3,5,8-10,12-13H,1-2,4,6-7,11H2;2-3H,4-12H2,1H3,(H,14,16)/b8-3+;3-2-. The third-order valence-electron chi connectivity index (χ3n) is 6.12. The Morgan fingerprint density at radius 3 is 2.51 bits per heavy atom. The van der Waals surface area contributed by atoms with Crippen LogP contribution >= 0.6 is 0 Å². The summed E-state index contributed by atoms with van der Waals surface area (Å²) in [5.74, 6) is 1.05. The van der Waals surface area contributed by atoms with Crippen LogP contribution in [0, 0.1) is 16.0 Å². The molecule has 0 radical (unpaired) electrons. The maximum atomic E-state index is 12.5. The first-order chi connectivity index (χ1) is 18.7. The highest BCUT2D eigenvalue weighted by Gasteiger charge is 2.30. The maximum Gasteiger partial charge on any atom is 0.416 e. The molecule has 1 aliphatic carbocycles. The fourth-order valence-electron chi connectivity index (χ4n) is 4.03. The van der Waals surface area contributed by atoms with Crippen molar-refractivity contribution in [1.29, 1.82) is 0 Å². The number of benzene rings is 1. The summed E-state index contributed by atoms with van der Waals surface area (Å²) in [4.78, 5) is 25.5. The van der Waals surface area contributed by atoms with E-state index >= 15 is 0 Å². The molecular weight excluding hydrogens is 513 g/mol. The first kappa shape index (κ1) is 34.0. The van der Waals surface area contributed by atoms with Crippen LogP contribution < -0.4 is 10.1 Å². The molecule has 1 amide bonds. The number of carbonyl (C=O) groups is 1. The molecule has 1 saturated carbocycles. The molecule has 1 aromatic carbocycles. The summed E-state index contributed by atoms with van der Waals surface area (Å²) in [5, 5.41) is 12.0. The van der Waals surface area contributed by atoms with Crippen LogP contribution in [0.3, 0.4) is 0 Å². The molecule has 1 fully saturated rings. The second-order valence-corrected chi connectivity index (χ2v) is 9.42. The molecule has 0 aromatic heterocycles. The molecule has 0 unspecified atom stereocenters. The van der Waals surface area contributed by atoms with Crippen LogP contribution in [0.2, 0.25) is 0 Å². The van der Waals surface area contributed by atoms with Crippen LogP contribution in [-0.2, 0) is 15.8 Å². The third-order valence-corrected chi connectivity index (χ3v) is 6.12. The summed E-state index contributed by atoms with van der Waals surface area (Å²) in [5.41, 5.74) is -0.670. The van der Waals surface area contributed by atoms with Gasteiger partial charge in [0.15, 0.2) is 0 Å². The predicted molar refractivity (Wildman–Crippen MR) is 146 cm³/mol. The lowest BCUT2D eigenvalue weighted by Gasteiger charge is -2.09. The smallest absolute Gasteiger partial charge is 0.416 e. The number of allylic oxidation sites excluding steroid dienone is 3. The Bertz CT molecular complexity index is 869. The van der Waals surface area contributed by atoms with E-state index in [1.807, 2.05) is 13.0 Å². The zero-order valence-electron chi connectivity index (χ0n) is 22.9. The molecule has 220 valence electrons. The van der Waals surface area contributed by atoms with Gasteiger partial charge in [0.1, 0.15) is 5.75 Å². The number of halogens is 3. The van der Waals surface area contributed by atoms with Crippen molar-refractivity contribution in [2.75, 3.05) is 19.8 Å². The van der Waals surface area contributed by atoms with E-state index in [2.05, 4.69) is 28.4 Å². The van der Waals surface area contributed by atoms with Crippen molar-refractivity contribution < 1.29 is 32.6 Å². The molecule has 1 aromatic rings. The van der Waals surface area contributed by atoms with Gasteiger partial charge in [0, 0.05) is 13.0 Å². The van der Waals surface area contributed by atoms with Crippen molar-refractivity contribution in [3.05, 3.63) is 64.2 Å². The largest absolute Gasteiger partial charge is 0.493 e. The highest BCUT2D eigenvalue weighted by molar-refractivity contribution is 5.75. The lowest BCUT2D eigenvalue weighted by Crippen LogP contribution is -2.23. The third kappa shape index (κ3) is 18.8. The Kier molecular flexibility index (Phi) is 18.2. The minimum absolute atomic E-state index is 0.0983. The molecule has 0 spiro atoms. The zero-order chi connectivity index (χ0) is 28.8. The monoisotopic (exact) mass is 556 g/mol. The van der Waals surface area contributed by atoms with Gasteiger partial charge in [0.05, 0.1) is 18.8 Å². The number of carbonyl (C=O) groups excluding carboxylic acids is 1. The van der Waals surface area contributed by atoms with Crippen molar-refractivity contribution in [3.63, 3.8) is 0 Å². The minimum Gasteiger partial charge on any atom is -0.493 e. The maximum absolute atomic E-state index is 12.5. The number of amides is 1. The van der Waals surface area contributed by atoms with Gasteiger partial charge in [-0.3, -0.25) is 4.79 Å². The Morgan fingerprint density at radius 1 is 1.08 bits per heavy atom. The first-order valence-corrected chi connectivity index (χ1v) is 13.8. The van der Waals surface area contributed by atoms with E-state index < -0.39 is 16.8 Å². The van der Waals surface area contributed by atoms with Crippen molar-refractivity contribution in [3.8, 4) is 5.75 Å². The fourth-order valence-corrected chi connectivity index (χ4v) is 4.03. The number of hydrogen-bond donors (Lipinski definition) is 1. The number of nitrogens with zero attached hydrogens (tertiary/aromatic N) is 1. The molecule has 0 saturated heterocycles. The van der Waals surface area contributed by atoms with E-state index in [9.17, 15) is 28.1 Å². The fraction of sp³-hybridized carbons (Fsp3) is 0.621. The number of unbranched alkanes of at least 4 members (excludes halogenated alkanes) is 4. The Labute approximate surface area is 229 Å². The normalized spacial score (nSPS) is 13.8. The van der Waals surface area contributed by atoms with E-state index in [0.717, 1.165) is 50.7 Å². The van der Waals surface area contributed by atoms with E-state index in [1.54, 1.807) is 6.07 Å². The first-order valence-electron chi connectivity index (χ1n) is 13.8. The second kappa shape index (κ2) is 20.9. The molecule has 39 heavy (non-hydrogen) atoms. The van der Waals surface area contributed by atoms with Crippen molar-refractivity contribution in [1.82, 2.24) is 5.32 Å². The van der Waals surface area contributed by atoms with Gasteiger partial charge < -0.3 is 14.9 Å². The van der Waals surface area contributed by atoms with E-state index in [1.165, 1.54) is 31.7 Å². The summed E-state index contributed by atoms with van der Waals surface area (Å²) >= 11 is 0. The number of rotatable bonds is 17. The molecule has 0 atom stereocenters. The molecule has 10 heteroatoms. The highest BCUT2D eigenvalue weighted by Crippen LogP contribution is 2.31. The van der Waals surface area contributed by atoms with Crippen LogP contribution in [0.25, 0.3) is 0 Å². The minimum atomic E-state index is -4.32. The summed E-state index contributed by atoms with van der Waals surface area (Å²) in [6.07, 6.45) is 15.7. The van der Waals surface area contributed by atoms with Crippen LogP contribution in [-0.4, -0.2) is 30.8 Å². The van der Waals surface area contributed by atoms with Crippen LogP contribution in [0.1, 0.15) is 89.5 Å². The summed E-state index contributed by atoms with van der Waals surface area (Å²) < 4.78 is 42.9. The van der Waals surface area contributed by atoms with Gasteiger partial charge >= 0.3 is 6.18 Å². The summed E-state index contributed by atoms with van der Waals surface area (Å²) in [6, 6.07) is 5.01. The lowest BCUT2D eigenvalue weighted by molar-refractivity contribution is -0.757. The Balaban J connectivity index is 0.000000391. The highest BCUT2D eigenvalue weighted by atomic mass is 19.4. The molecule has 1 aliphatic rings. The van der Waals surface area contributed by atoms with E-state index in [0.29, 0.717) is 31.9 Å². The van der Waals surface area contributed by atoms with E-state index in [4.69, 9.17) is 4.74 Å². The zero-order valence-corrected chi connectivity index (χ0v) is 22.9. The van der Waals surface area contributed by atoms with Gasteiger partial charge in [0.25, 0.3) is 5.09 Å². The number of alkyl halides is 3. The molecule has 2 rings (SSSR count). The SMILES string of the molecule is C/C=C\CCCC(=O)NCCCCCCO[N+](=O)[O-].FC(F)(F)c1cccc(OCC/C=C/C2CCCC2)c1. The number of hydrogen-bond acceptors (Lipinski definition) is 5. The van der Waals surface area contributed by atoms with Gasteiger partial charge in [-0.05, 0) is 76.0 Å². The average molecular weight is 557 g/mol. The van der Waals surface area contributed by atoms with Gasteiger partial charge in [-0.1, -0.05) is 56.1 Å². The molecule has 0 bridgehead atoms.